The molecule has 0 amide bonds. The summed E-state index contributed by atoms with van der Waals surface area (Å²) in [5.74, 6) is -1.19. The van der Waals surface area contributed by atoms with Crippen molar-refractivity contribution in [3.8, 4) is 28.3 Å². The SMILES string of the molecule is COc1cc(F)cc(-c2ccc3nc(-c4cccnc4)nc(Nc4ccc(F)c(F)c4)c3c2)c1. The summed E-state index contributed by atoms with van der Waals surface area (Å²) < 4.78 is 46.6. The first-order chi connectivity index (χ1) is 16.5. The molecule has 0 saturated carbocycles. The number of rotatable bonds is 5. The van der Waals surface area contributed by atoms with Crippen molar-refractivity contribution in [2.24, 2.45) is 0 Å². The average Bonchev–Trinajstić information content (AvgIpc) is 2.86. The van der Waals surface area contributed by atoms with E-state index in [1.807, 2.05) is 12.1 Å². The minimum absolute atomic E-state index is 0.314. The molecule has 0 spiro atoms. The first-order valence-electron chi connectivity index (χ1n) is 10.3. The number of nitrogens with one attached hydrogen (secondary N) is 1. The minimum Gasteiger partial charge on any atom is -0.497 e. The van der Waals surface area contributed by atoms with Crippen LogP contribution in [-0.4, -0.2) is 22.1 Å². The lowest BCUT2D eigenvalue weighted by molar-refractivity contribution is 0.411. The smallest absolute Gasteiger partial charge is 0.163 e. The Kier molecular flexibility index (Phi) is 5.55. The van der Waals surface area contributed by atoms with Crippen molar-refractivity contribution < 1.29 is 17.9 Å². The lowest BCUT2D eigenvalue weighted by Crippen LogP contribution is -2.00. The van der Waals surface area contributed by atoms with Crippen LogP contribution in [0.5, 0.6) is 5.75 Å². The van der Waals surface area contributed by atoms with Gasteiger partial charge < -0.3 is 10.1 Å². The number of pyridine rings is 1. The van der Waals surface area contributed by atoms with Crippen molar-refractivity contribution in [3.05, 3.63) is 96.6 Å². The Balaban J connectivity index is 1.68. The fourth-order valence-electron chi connectivity index (χ4n) is 3.59. The Morgan fingerprint density at radius 2 is 1.68 bits per heavy atom. The van der Waals surface area contributed by atoms with Gasteiger partial charge >= 0.3 is 0 Å². The Bertz CT molecular complexity index is 1510. The van der Waals surface area contributed by atoms with Gasteiger partial charge in [0.15, 0.2) is 17.5 Å². The fourth-order valence-corrected chi connectivity index (χ4v) is 3.59. The van der Waals surface area contributed by atoms with Gasteiger partial charge in [0.1, 0.15) is 17.4 Å². The maximum absolute atomic E-state index is 14.1. The molecule has 168 valence electrons. The highest BCUT2D eigenvalue weighted by Gasteiger charge is 2.13. The van der Waals surface area contributed by atoms with Gasteiger partial charge in [0.25, 0.3) is 0 Å². The molecule has 5 aromatic rings. The van der Waals surface area contributed by atoms with Gasteiger partial charge in [-0.2, -0.15) is 0 Å². The zero-order valence-electron chi connectivity index (χ0n) is 17.9. The molecule has 8 heteroatoms. The maximum Gasteiger partial charge on any atom is 0.163 e. The second-order valence-corrected chi connectivity index (χ2v) is 7.50. The van der Waals surface area contributed by atoms with Gasteiger partial charge in [0.2, 0.25) is 0 Å². The summed E-state index contributed by atoms with van der Waals surface area (Å²) in [5.41, 5.74) is 2.92. The van der Waals surface area contributed by atoms with Crippen molar-refractivity contribution in [1.29, 1.82) is 0 Å². The predicted octanol–water partition coefficient (Wildman–Crippen LogP) is 6.53. The molecule has 0 aliphatic heterocycles. The Morgan fingerprint density at radius 1 is 0.794 bits per heavy atom. The van der Waals surface area contributed by atoms with Crippen molar-refractivity contribution in [2.45, 2.75) is 0 Å². The van der Waals surface area contributed by atoms with Crippen LogP contribution in [0.3, 0.4) is 0 Å². The van der Waals surface area contributed by atoms with Crippen molar-refractivity contribution >= 4 is 22.4 Å². The summed E-state index contributed by atoms with van der Waals surface area (Å²) in [7, 11) is 1.47. The monoisotopic (exact) mass is 458 g/mol. The van der Waals surface area contributed by atoms with E-state index in [1.54, 1.807) is 36.7 Å². The van der Waals surface area contributed by atoms with Crippen LogP contribution in [0.1, 0.15) is 0 Å². The van der Waals surface area contributed by atoms with Crippen LogP contribution in [-0.2, 0) is 0 Å². The van der Waals surface area contributed by atoms with Crippen LogP contribution >= 0.6 is 0 Å². The molecule has 5 nitrogen and oxygen atoms in total. The second kappa shape index (κ2) is 8.82. The quantitative estimate of drug-likeness (QED) is 0.325. The molecular weight excluding hydrogens is 441 g/mol. The normalized spacial score (nSPS) is 10.9. The number of benzene rings is 3. The summed E-state index contributed by atoms with van der Waals surface area (Å²) in [4.78, 5) is 13.4. The van der Waals surface area contributed by atoms with Crippen LogP contribution in [0.4, 0.5) is 24.7 Å². The van der Waals surface area contributed by atoms with E-state index in [0.29, 0.717) is 50.7 Å². The van der Waals surface area contributed by atoms with Crippen molar-refractivity contribution in [2.75, 3.05) is 12.4 Å². The Hall–Kier alpha value is -4.46. The second-order valence-electron chi connectivity index (χ2n) is 7.50. The molecule has 0 fully saturated rings. The van der Waals surface area contributed by atoms with E-state index in [-0.39, 0.29) is 0 Å². The zero-order valence-corrected chi connectivity index (χ0v) is 17.9. The lowest BCUT2D eigenvalue weighted by atomic mass is 10.0. The van der Waals surface area contributed by atoms with Crippen LogP contribution in [0.15, 0.2) is 79.1 Å². The number of hydrogen-bond donors (Lipinski definition) is 1. The molecule has 1 N–H and O–H groups in total. The van der Waals surface area contributed by atoms with Gasteiger partial charge in [-0.15, -0.1) is 0 Å². The molecule has 0 atom stereocenters. The van der Waals surface area contributed by atoms with Crippen LogP contribution < -0.4 is 10.1 Å². The first kappa shape index (κ1) is 21.4. The lowest BCUT2D eigenvalue weighted by Gasteiger charge is -2.13. The largest absolute Gasteiger partial charge is 0.497 e. The number of halogens is 3. The Labute approximate surface area is 192 Å². The van der Waals surface area contributed by atoms with Gasteiger partial charge in [-0.05, 0) is 59.7 Å². The summed E-state index contributed by atoms with van der Waals surface area (Å²) in [5, 5.41) is 3.67. The Morgan fingerprint density at radius 3 is 2.44 bits per heavy atom. The molecule has 0 aliphatic carbocycles. The van der Waals surface area contributed by atoms with E-state index >= 15 is 0 Å². The third kappa shape index (κ3) is 4.25. The van der Waals surface area contributed by atoms with E-state index < -0.39 is 17.5 Å². The van der Waals surface area contributed by atoms with E-state index in [2.05, 4.69) is 20.3 Å². The molecule has 0 radical (unpaired) electrons. The number of ether oxygens (including phenoxy) is 1. The van der Waals surface area contributed by atoms with E-state index in [9.17, 15) is 13.2 Å². The average molecular weight is 458 g/mol. The molecule has 3 aromatic carbocycles. The molecule has 2 heterocycles. The van der Waals surface area contributed by atoms with Crippen molar-refractivity contribution in [3.63, 3.8) is 0 Å². The third-order valence-electron chi connectivity index (χ3n) is 5.24. The molecule has 2 aromatic heterocycles. The third-order valence-corrected chi connectivity index (χ3v) is 5.24. The molecule has 0 unspecified atom stereocenters. The zero-order chi connectivity index (χ0) is 23.7. The molecule has 0 saturated heterocycles. The van der Waals surface area contributed by atoms with Gasteiger partial charge in [0, 0.05) is 41.2 Å². The number of nitrogens with zero attached hydrogens (tertiary/aromatic N) is 3. The van der Waals surface area contributed by atoms with E-state index in [4.69, 9.17) is 4.74 Å². The van der Waals surface area contributed by atoms with E-state index in [1.165, 1.54) is 25.3 Å². The van der Waals surface area contributed by atoms with Gasteiger partial charge in [0.05, 0.1) is 12.6 Å². The number of aromatic nitrogens is 3. The first-order valence-corrected chi connectivity index (χ1v) is 10.3. The summed E-state index contributed by atoms with van der Waals surface area (Å²) in [6, 6.07) is 16.9. The van der Waals surface area contributed by atoms with Crippen LogP contribution in [0.2, 0.25) is 0 Å². The number of methoxy groups -OCH3 is 1. The summed E-state index contributed by atoms with van der Waals surface area (Å²) in [6.45, 7) is 0. The summed E-state index contributed by atoms with van der Waals surface area (Å²) in [6.07, 6.45) is 3.28. The standard InChI is InChI=1S/C26H17F3N4O/c1-34-20-10-17(9-18(27)12-20)15-4-7-24-21(11-15)26(31-19-5-6-22(28)23(29)13-19)33-25(32-24)16-3-2-8-30-14-16/h2-14H,1H3,(H,31,32,33). The molecular formula is C26H17F3N4O. The highest BCUT2D eigenvalue weighted by Crippen LogP contribution is 2.33. The minimum atomic E-state index is -0.983. The molecule has 34 heavy (non-hydrogen) atoms. The maximum atomic E-state index is 14.1. The molecule has 0 bridgehead atoms. The van der Waals surface area contributed by atoms with Gasteiger partial charge in [-0.3, -0.25) is 4.98 Å². The van der Waals surface area contributed by atoms with Crippen LogP contribution in [0.25, 0.3) is 33.4 Å². The van der Waals surface area contributed by atoms with Gasteiger partial charge in [-0.1, -0.05) is 6.07 Å². The number of fused-ring (bicyclic) bond motifs is 1. The topological polar surface area (TPSA) is 59.9 Å². The summed E-state index contributed by atoms with van der Waals surface area (Å²) >= 11 is 0. The van der Waals surface area contributed by atoms with Gasteiger partial charge in [-0.25, -0.2) is 23.1 Å². The van der Waals surface area contributed by atoms with Crippen LogP contribution in [0, 0.1) is 17.5 Å². The number of anilines is 2. The molecule has 5 rings (SSSR count). The molecule has 0 aliphatic rings. The predicted molar refractivity (Wildman–Crippen MR) is 124 cm³/mol. The number of hydrogen-bond acceptors (Lipinski definition) is 5. The van der Waals surface area contributed by atoms with E-state index in [0.717, 1.165) is 12.1 Å². The fraction of sp³-hybridized carbons (Fsp3) is 0.0385. The highest BCUT2D eigenvalue weighted by atomic mass is 19.2. The van der Waals surface area contributed by atoms with Crippen molar-refractivity contribution in [1.82, 2.24) is 15.0 Å². The highest BCUT2D eigenvalue weighted by molar-refractivity contribution is 5.95.